The molecule has 0 amide bonds. The van der Waals surface area contributed by atoms with Gasteiger partial charge in [-0.3, -0.25) is 0 Å². The Bertz CT molecular complexity index is 553. The summed E-state index contributed by atoms with van der Waals surface area (Å²) in [6.07, 6.45) is 0. The molecule has 0 radical (unpaired) electrons. The molecule has 0 aromatic heterocycles. The van der Waals surface area contributed by atoms with E-state index in [9.17, 15) is 0 Å². The van der Waals surface area contributed by atoms with Crippen molar-refractivity contribution in [3.63, 3.8) is 0 Å². The fraction of sp³-hybridized carbons (Fsp3) is 0.294. The third-order valence-electron chi connectivity index (χ3n) is 3.48. The lowest BCUT2D eigenvalue weighted by atomic mass is 10.0. The molecule has 0 aliphatic heterocycles. The average molecular weight is 290 g/mol. The van der Waals surface area contributed by atoms with E-state index in [-0.39, 0.29) is 12.1 Å². The number of ether oxygens (including phenoxy) is 1. The van der Waals surface area contributed by atoms with Crippen molar-refractivity contribution in [2.45, 2.75) is 25.9 Å². The van der Waals surface area contributed by atoms with Gasteiger partial charge in [-0.2, -0.15) is 0 Å². The highest BCUT2D eigenvalue weighted by Crippen LogP contribution is 2.27. The summed E-state index contributed by atoms with van der Waals surface area (Å²) in [7, 11) is 1.70. The number of halogens is 1. The van der Waals surface area contributed by atoms with Gasteiger partial charge >= 0.3 is 0 Å². The minimum Gasteiger partial charge on any atom is -0.496 e. The summed E-state index contributed by atoms with van der Waals surface area (Å²) in [5.41, 5.74) is 2.38. The van der Waals surface area contributed by atoms with E-state index in [0.29, 0.717) is 0 Å². The quantitative estimate of drug-likeness (QED) is 0.857. The molecular weight excluding hydrogens is 270 g/mol. The fourth-order valence-corrected chi connectivity index (χ4v) is 2.46. The molecule has 2 nitrogen and oxygen atoms in total. The van der Waals surface area contributed by atoms with Gasteiger partial charge < -0.3 is 10.1 Å². The van der Waals surface area contributed by atoms with Crippen LogP contribution in [-0.2, 0) is 0 Å². The van der Waals surface area contributed by atoms with Gasteiger partial charge in [-0.25, -0.2) is 0 Å². The van der Waals surface area contributed by atoms with E-state index in [0.717, 1.165) is 16.3 Å². The Morgan fingerprint density at radius 2 is 1.60 bits per heavy atom. The molecule has 0 aliphatic rings. The molecule has 20 heavy (non-hydrogen) atoms. The summed E-state index contributed by atoms with van der Waals surface area (Å²) in [6.45, 7) is 4.29. The second-order valence-corrected chi connectivity index (χ2v) is 5.34. The van der Waals surface area contributed by atoms with Crippen LogP contribution in [0.25, 0.3) is 0 Å². The molecule has 2 aromatic carbocycles. The Morgan fingerprint density at radius 3 is 2.25 bits per heavy atom. The highest BCUT2D eigenvalue weighted by atomic mass is 35.5. The van der Waals surface area contributed by atoms with Crippen molar-refractivity contribution >= 4 is 11.6 Å². The van der Waals surface area contributed by atoms with E-state index in [1.54, 1.807) is 7.11 Å². The molecular formula is C17H20ClNO. The lowest BCUT2D eigenvalue weighted by Gasteiger charge is -2.22. The first-order valence-electron chi connectivity index (χ1n) is 6.76. The Labute approximate surface area is 125 Å². The SMILES string of the molecule is COc1ccccc1[C@H](C)NC(C)c1ccc(Cl)cc1. The first kappa shape index (κ1) is 14.9. The first-order chi connectivity index (χ1) is 9.61. The molecule has 3 heteroatoms. The number of nitrogens with one attached hydrogen (secondary N) is 1. The van der Waals surface area contributed by atoms with Gasteiger partial charge in [-0.1, -0.05) is 41.9 Å². The van der Waals surface area contributed by atoms with Gasteiger partial charge in [0.2, 0.25) is 0 Å². The van der Waals surface area contributed by atoms with Crippen molar-refractivity contribution in [1.29, 1.82) is 0 Å². The second kappa shape index (κ2) is 6.78. The van der Waals surface area contributed by atoms with Crippen molar-refractivity contribution in [3.05, 3.63) is 64.7 Å². The molecule has 1 N–H and O–H groups in total. The summed E-state index contributed by atoms with van der Waals surface area (Å²) in [5.74, 6) is 0.913. The van der Waals surface area contributed by atoms with Crippen molar-refractivity contribution in [2.75, 3.05) is 7.11 Å². The molecule has 1 unspecified atom stereocenters. The Kier molecular flexibility index (Phi) is 5.05. The van der Waals surface area contributed by atoms with E-state index < -0.39 is 0 Å². The first-order valence-corrected chi connectivity index (χ1v) is 7.14. The normalized spacial score (nSPS) is 13.8. The van der Waals surface area contributed by atoms with E-state index in [4.69, 9.17) is 16.3 Å². The molecule has 0 spiro atoms. The number of benzene rings is 2. The molecule has 0 saturated heterocycles. The van der Waals surface area contributed by atoms with Crippen LogP contribution in [0.3, 0.4) is 0 Å². The van der Waals surface area contributed by atoms with Crippen molar-refractivity contribution in [1.82, 2.24) is 5.32 Å². The van der Waals surface area contributed by atoms with Crippen LogP contribution in [0, 0.1) is 0 Å². The zero-order valence-corrected chi connectivity index (χ0v) is 12.8. The number of rotatable bonds is 5. The van der Waals surface area contributed by atoms with Gasteiger partial charge in [0.05, 0.1) is 7.11 Å². The molecule has 0 fully saturated rings. The zero-order valence-electron chi connectivity index (χ0n) is 12.1. The largest absolute Gasteiger partial charge is 0.496 e. The summed E-state index contributed by atoms with van der Waals surface area (Å²) >= 11 is 5.92. The predicted octanol–water partition coefficient (Wildman–Crippen LogP) is 4.76. The van der Waals surface area contributed by atoms with E-state index >= 15 is 0 Å². The average Bonchev–Trinajstić information content (AvgIpc) is 2.47. The number of hydrogen-bond donors (Lipinski definition) is 1. The van der Waals surface area contributed by atoms with Crippen molar-refractivity contribution in [3.8, 4) is 5.75 Å². The maximum atomic E-state index is 5.92. The van der Waals surface area contributed by atoms with Crippen LogP contribution < -0.4 is 10.1 Å². The number of methoxy groups -OCH3 is 1. The monoisotopic (exact) mass is 289 g/mol. The highest BCUT2D eigenvalue weighted by molar-refractivity contribution is 6.30. The fourth-order valence-electron chi connectivity index (χ4n) is 2.34. The minimum absolute atomic E-state index is 0.205. The summed E-state index contributed by atoms with van der Waals surface area (Å²) in [5, 5.41) is 4.35. The molecule has 2 aromatic rings. The number of hydrogen-bond acceptors (Lipinski definition) is 2. The highest BCUT2D eigenvalue weighted by Gasteiger charge is 2.14. The van der Waals surface area contributed by atoms with Crippen molar-refractivity contribution < 1.29 is 4.74 Å². The Balaban J connectivity index is 2.10. The maximum absolute atomic E-state index is 5.92. The van der Waals surface area contributed by atoms with Crippen LogP contribution in [-0.4, -0.2) is 7.11 Å². The molecule has 0 heterocycles. The van der Waals surface area contributed by atoms with Crippen LogP contribution in [0.2, 0.25) is 5.02 Å². The molecule has 106 valence electrons. The van der Waals surface area contributed by atoms with Gasteiger partial charge in [-0.05, 0) is 37.6 Å². The third-order valence-corrected chi connectivity index (χ3v) is 3.73. The van der Waals surface area contributed by atoms with Gasteiger partial charge in [-0.15, -0.1) is 0 Å². The Hall–Kier alpha value is -1.51. The summed E-state index contributed by atoms with van der Waals surface area (Å²) in [4.78, 5) is 0. The zero-order chi connectivity index (χ0) is 14.5. The number of para-hydroxylation sites is 1. The molecule has 0 aliphatic carbocycles. The maximum Gasteiger partial charge on any atom is 0.123 e. The van der Waals surface area contributed by atoms with Gasteiger partial charge in [0.25, 0.3) is 0 Å². The lowest BCUT2D eigenvalue weighted by molar-refractivity contribution is 0.396. The molecule has 0 saturated carbocycles. The van der Waals surface area contributed by atoms with E-state index in [2.05, 4.69) is 37.4 Å². The van der Waals surface area contributed by atoms with Gasteiger partial charge in [0, 0.05) is 22.7 Å². The molecule has 2 atom stereocenters. The standard InChI is InChI=1S/C17H20ClNO/c1-12(14-8-10-15(18)11-9-14)19-13(2)16-6-4-5-7-17(16)20-3/h4-13,19H,1-3H3/t12?,13-/m0/s1. The summed E-state index contributed by atoms with van der Waals surface area (Å²) in [6, 6.07) is 16.5. The molecule has 0 bridgehead atoms. The van der Waals surface area contributed by atoms with Crippen LogP contribution in [0.4, 0.5) is 0 Å². The van der Waals surface area contributed by atoms with Gasteiger partial charge in [0.15, 0.2) is 0 Å². The topological polar surface area (TPSA) is 21.3 Å². The smallest absolute Gasteiger partial charge is 0.123 e. The van der Waals surface area contributed by atoms with E-state index in [1.807, 2.05) is 30.3 Å². The summed E-state index contributed by atoms with van der Waals surface area (Å²) < 4.78 is 5.41. The van der Waals surface area contributed by atoms with Gasteiger partial charge in [0.1, 0.15) is 5.75 Å². The van der Waals surface area contributed by atoms with Crippen LogP contribution in [0.5, 0.6) is 5.75 Å². The van der Waals surface area contributed by atoms with Crippen LogP contribution in [0.15, 0.2) is 48.5 Å². The predicted molar refractivity (Wildman–Crippen MR) is 84.4 cm³/mol. The minimum atomic E-state index is 0.205. The third kappa shape index (κ3) is 3.53. The van der Waals surface area contributed by atoms with Crippen LogP contribution >= 0.6 is 11.6 Å². The second-order valence-electron chi connectivity index (χ2n) is 4.90. The lowest BCUT2D eigenvalue weighted by Crippen LogP contribution is -2.22. The molecule has 2 rings (SSSR count). The Morgan fingerprint density at radius 1 is 0.950 bits per heavy atom. The van der Waals surface area contributed by atoms with Crippen molar-refractivity contribution in [2.24, 2.45) is 0 Å². The van der Waals surface area contributed by atoms with E-state index in [1.165, 1.54) is 5.56 Å². The van der Waals surface area contributed by atoms with Crippen LogP contribution in [0.1, 0.15) is 37.1 Å².